The summed E-state index contributed by atoms with van der Waals surface area (Å²) in [5, 5.41) is 5.24. The molecule has 154 valence electrons. The molecule has 0 aliphatic carbocycles. The van der Waals surface area contributed by atoms with Gasteiger partial charge < -0.3 is 20.5 Å². The van der Waals surface area contributed by atoms with E-state index in [-0.39, 0.29) is 0 Å². The van der Waals surface area contributed by atoms with E-state index >= 15 is 0 Å². The number of amides is 3. The Labute approximate surface area is 174 Å². The number of anilines is 1. The zero-order valence-electron chi connectivity index (χ0n) is 16.5. The average Bonchev–Trinajstić information content (AvgIpc) is 2.75. The molecule has 3 aromatic carbocycles. The number of urea groups is 1. The van der Waals surface area contributed by atoms with Crippen molar-refractivity contribution in [2.45, 2.75) is 13.0 Å². The Morgan fingerprint density at radius 2 is 1.43 bits per heavy atom. The van der Waals surface area contributed by atoms with Gasteiger partial charge in [0, 0.05) is 5.69 Å². The van der Waals surface area contributed by atoms with Crippen LogP contribution in [0.4, 0.5) is 10.5 Å². The van der Waals surface area contributed by atoms with Crippen LogP contribution in [0.1, 0.15) is 18.5 Å². The Kier molecular flexibility index (Phi) is 6.89. The Bertz CT molecular complexity index is 974. The fourth-order valence-electron chi connectivity index (χ4n) is 2.83. The monoisotopic (exact) mass is 405 g/mol. The minimum atomic E-state index is -0.901. The van der Waals surface area contributed by atoms with E-state index in [2.05, 4.69) is 10.6 Å². The number of hydrogen-bond donors (Lipinski definition) is 3. The maximum absolute atomic E-state index is 12.4. The van der Waals surface area contributed by atoms with E-state index in [0.717, 1.165) is 5.75 Å². The van der Waals surface area contributed by atoms with Crippen LogP contribution in [0.15, 0.2) is 78.9 Å². The van der Waals surface area contributed by atoms with Crippen molar-refractivity contribution in [2.75, 3.05) is 11.9 Å². The first-order valence-electron chi connectivity index (χ1n) is 9.47. The molecule has 0 unspecified atom stereocenters. The number of ether oxygens (including phenoxy) is 2. The molecule has 0 spiro atoms. The molecule has 0 saturated carbocycles. The Morgan fingerprint density at radius 1 is 0.867 bits per heavy atom. The summed E-state index contributed by atoms with van der Waals surface area (Å²) in [7, 11) is 0. The standard InChI is InChI=1S/C23H23N3O4/c1-2-29-18-12-14-20(15-13-18)30-19-10-8-17(9-11-19)25-21(22(27)26-23(24)28)16-6-4-3-5-7-16/h3-15,21,25H,2H2,1H3,(H3,24,26,27,28)/t21-/m1/s1. The number of primary amides is 1. The van der Waals surface area contributed by atoms with Gasteiger partial charge in [0.1, 0.15) is 23.3 Å². The van der Waals surface area contributed by atoms with Crippen molar-refractivity contribution in [3.8, 4) is 17.2 Å². The number of nitrogens with two attached hydrogens (primary N) is 1. The fraction of sp³-hybridized carbons (Fsp3) is 0.130. The minimum Gasteiger partial charge on any atom is -0.494 e. The van der Waals surface area contributed by atoms with E-state index in [1.807, 2.05) is 49.4 Å². The second-order valence-corrected chi connectivity index (χ2v) is 6.37. The smallest absolute Gasteiger partial charge is 0.318 e. The highest BCUT2D eigenvalue weighted by Gasteiger charge is 2.21. The van der Waals surface area contributed by atoms with Gasteiger partial charge in [0.25, 0.3) is 5.91 Å². The third kappa shape index (κ3) is 5.75. The fourth-order valence-corrected chi connectivity index (χ4v) is 2.83. The molecule has 7 nitrogen and oxygen atoms in total. The van der Waals surface area contributed by atoms with Gasteiger partial charge in [-0.2, -0.15) is 0 Å². The van der Waals surface area contributed by atoms with Crippen molar-refractivity contribution >= 4 is 17.6 Å². The number of carbonyl (C=O) groups is 2. The van der Waals surface area contributed by atoms with Crippen LogP contribution in [0, 0.1) is 0 Å². The third-order valence-electron chi connectivity index (χ3n) is 4.18. The summed E-state index contributed by atoms with van der Waals surface area (Å²) >= 11 is 0. The van der Waals surface area contributed by atoms with Crippen molar-refractivity contribution in [3.05, 3.63) is 84.4 Å². The predicted octanol–water partition coefficient (Wildman–Crippen LogP) is 4.23. The van der Waals surface area contributed by atoms with Crippen LogP contribution >= 0.6 is 0 Å². The summed E-state index contributed by atoms with van der Waals surface area (Å²) in [4.78, 5) is 23.5. The van der Waals surface area contributed by atoms with Gasteiger partial charge in [0.15, 0.2) is 0 Å². The molecule has 0 radical (unpaired) electrons. The van der Waals surface area contributed by atoms with Gasteiger partial charge in [-0.05, 0) is 61.0 Å². The van der Waals surface area contributed by atoms with Gasteiger partial charge in [-0.3, -0.25) is 10.1 Å². The van der Waals surface area contributed by atoms with Crippen molar-refractivity contribution in [1.29, 1.82) is 0 Å². The molecule has 7 heteroatoms. The number of hydrogen-bond acceptors (Lipinski definition) is 5. The van der Waals surface area contributed by atoms with Gasteiger partial charge in [-0.25, -0.2) is 4.79 Å². The Morgan fingerprint density at radius 3 is 2.00 bits per heavy atom. The normalized spacial score (nSPS) is 11.2. The Hall–Kier alpha value is -4.00. The maximum atomic E-state index is 12.4. The van der Waals surface area contributed by atoms with Crippen LogP contribution < -0.4 is 25.8 Å². The van der Waals surface area contributed by atoms with Gasteiger partial charge >= 0.3 is 6.03 Å². The van der Waals surface area contributed by atoms with Crippen molar-refractivity contribution in [2.24, 2.45) is 5.73 Å². The molecule has 0 saturated heterocycles. The maximum Gasteiger partial charge on any atom is 0.318 e. The third-order valence-corrected chi connectivity index (χ3v) is 4.18. The molecule has 3 rings (SSSR count). The average molecular weight is 405 g/mol. The first kappa shape index (κ1) is 20.7. The van der Waals surface area contributed by atoms with Crippen LogP contribution in [0.2, 0.25) is 0 Å². The number of carbonyl (C=O) groups excluding carboxylic acids is 2. The summed E-state index contributed by atoms with van der Waals surface area (Å²) in [5.74, 6) is 1.57. The topological polar surface area (TPSA) is 103 Å². The quantitative estimate of drug-likeness (QED) is 0.521. The highest BCUT2D eigenvalue weighted by atomic mass is 16.5. The zero-order chi connectivity index (χ0) is 21.3. The lowest BCUT2D eigenvalue weighted by atomic mass is 10.1. The highest BCUT2D eigenvalue weighted by molar-refractivity contribution is 5.98. The molecule has 3 amide bonds. The van der Waals surface area contributed by atoms with E-state index in [9.17, 15) is 9.59 Å². The van der Waals surface area contributed by atoms with Gasteiger partial charge in [0.05, 0.1) is 6.61 Å². The molecule has 4 N–H and O–H groups in total. The lowest BCUT2D eigenvalue weighted by molar-refractivity contribution is -0.120. The lowest BCUT2D eigenvalue weighted by Gasteiger charge is -2.19. The summed E-state index contributed by atoms with van der Waals surface area (Å²) in [6.45, 7) is 2.54. The zero-order valence-corrected chi connectivity index (χ0v) is 16.5. The number of nitrogens with one attached hydrogen (secondary N) is 2. The molecule has 0 fully saturated rings. The molecule has 0 heterocycles. The molecular formula is C23H23N3O4. The number of rotatable bonds is 8. The molecular weight excluding hydrogens is 382 g/mol. The molecule has 0 bridgehead atoms. The molecule has 3 aromatic rings. The van der Waals surface area contributed by atoms with Crippen LogP contribution in [0.3, 0.4) is 0 Å². The van der Waals surface area contributed by atoms with Crippen molar-refractivity contribution in [1.82, 2.24) is 5.32 Å². The highest BCUT2D eigenvalue weighted by Crippen LogP contribution is 2.26. The van der Waals surface area contributed by atoms with E-state index in [0.29, 0.717) is 29.4 Å². The van der Waals surface area contributed by atoms with E-state index in [1.165, 1.54) is 0 Å². The van der Waals surface area contributed by atoms with Crippen LogP contribution in [-0.2, 0) is 4.79 Å². The predicted molar refractivity (Wildman–Crippen MR) is 115 cm³/mol. The summed E-state index contributed by atoms with van der Waals surface area (Å²) in [6, 6.07) is 21.9. The molecule has 0 aromatic heterocycles. The van der Waals surface area contributed by atoms with Crippen molar-refractivity contribution < 1.29 is 19.1 Å². The second kappa shape index (κ2) is 9.97. The summed E-state index contributed by atoms with van der Waals surface area (Å²) < 4.78 is 11.3. The number of imide groups is 1. The molecule has 0 aliphatic heterocycles. The van der Waals surface area contributed by atoms with Crippen molar-refractivity contribution in [3.63, 3.8) is 0 Å². The van der Waals surface area contributed by atoms with Gasteiger partial charge in [0.2, 0.25) is 0 Å². The van der Waals surface area contributed by atoms with E-state index in [4.69, 9.17) is 15.2 Å². The number of benzene rings is 3. The van der Waals surface area contributed by atoms with Crippen LogP contribution in [0.5, 0.6) is 17.2 Å². The Balaban J connectivity index is 1.70. The molecule has 0 aliphatic rings. The first-order valence-corrected chi connectivity index (χ1v) is 9.47. The summed E-state index contributed by atoms with van der Waals surface area (Å²) in [5.41, 5.74) is 6.48. The van der Waals surface area contributed by atoms with E-state index < -0.39 is 18.0 Å². The van der Waals surface area contributed by atoms with Crippen LogP contribution in [0.25, 0.3) is 0 Å². The van der Waals surface area contributed by atoms with Crippen LogP contribution in [-0.4, -0.2) is 18.5 Å². The molecule has 30 heavy (non-hydrogen) atoms. The molecule has 1 atom stereocenters. The lowest BCUT2D eigenvalue weighted by Crippen LogP contribution is -2.40. The minimum absolute atomic E-state index is 0.539. The first-order chi connectivity index (χ1) is 14.5. The summed E-state index contributed by atoms with van der Waals surface area (Å²) in [6.07, 6.45) is 0. The van der Waals surface area contributed by atoms with E-state index in [1.54, 1.807) is 36.4 Å². The van der Waals surface area contributed by atoms with Gasteiger partial charge in [-0.15, -0.1) is 0 Å². The van der Waals surface area contributed by atoms with Gasteiger partial charge in [-0.1, -0.05) is 30.3 Å². The SMILES string of the molecule is CCOc1ccc(Oc2ccc(N[C@@H](C(=O)NC(N)=O)c3ccccc3)cc2)cc1. The second-order valence-electron chi connectivity index (χ2n) is 6.37. The largest absolute Gasteiger partial charge is 0.494 e.